The molecule has 9 heavy (non-hydrogen) atoms. The summed E-state index contributed by atoms with van der Waals surface area (Å²) in [5, 5.41) is 0. The van der Waals surface area contributed by atoms with Crippen LogP contribution in [0.15, 0.2) is 36.0 Å². The van der Waals surface area contributed by atoms with E-state index in [1.54, 1.807) is 6.08 Å². The van der Waals surface area contributed by atoms with Gasteiger partial charge in [0.2, 0.25) is 0 Å². The van der Waals surface area contributed by atoms with Gasteiger partial charge in [0.25, 0.3) is 0 Å². The highest BCUT2D eigenvalue weighted by Crippen LogP contribution is 2.02. The van der Waals surface area contributed by atoms with Crippen molar-refractivity contribution in [3.05, 3.63) is 36.0 Å². The fourth-order valence-corrected chi connectivity index (χ4v) is 0.379. The van der Waals surface area contributed by atoms with Gasteiger partial charge in [-0.3, -0.25) is 0 Å². The second-order valence-electron chi connectivity index (χ2n) is 2.28. The van der Waals surface area contributed by atoms with Gasteiger partial charge in [0.1, 0.15) is 0 Å². The standard InChI is InChI=1S/C9H14/c1-5-6-7-9(4)8(2)3/h5-7H,1H2,2-4H3. The fourth-order valence-electron chi connectivity index (χ4n) is 0.379. The highest BCUT2D eigenvalue weighted by molar-refractivity contribution is 5.23. The molecule has 0 heteroatoms. The van der Waals surface area contributed by atoms with E-state index in [4.69, 9.17) is 0 Å². The van der Waals surface area contributed by atoms with Crippen LogP contribution in [0.1, 0.15) is 20.8 Å². The van der Waals surface area contributed by atoms with E-state index in [0.29, 0.717) is 0 Å². The van der Waals surface area contributed by atoms with Gasteiger partial charge in [-0.25, -0.2) is 0 Å². The molecule has 0 heterocycles. The molecule has 0 fully saturated rings. The van der Waals surface area contributed by atoms with Crippen LogP contribution in [0.4, 0.5) is 0 Å². The SMILES string of the molecule is C=CC=CC(C)=C(C)C. The average molecular weight is 122 g/mol. The lowest BCUT2D eigenvalue weighted by atomic mass is 10.2. The third kappa shape index (κ3) is 3.77. The van der Waals surface area contributed by atoms with Crippen LogP contribution >= 0.6 is 0 Å². The van der Waals surface area contributed by atoms with Gasteiger partial charge in [0.05, 0.1) is 0 Å². The van der Waals surface area contributed by atoms with Gasteiger partial charge in [-0.05, 0) is 20.8 Å². The van der Waals surface area contributed by atoms with E-state index < -0.39 is 0 Å². The predicted molar refractivity (Wildman–Crippen MR) is 43.4 cm³/mol. The van der Waals surface area contributed by atoms with Gasteiger partial charge in [0, 0.05) is 0 Å². The highest BCUT2D eigenvalue weighted by Gasteiger charge is 1.81. The van der Waals surface area contributed by atoms with E-state index in [-0.39, 0.29) is 0 Å². The molecule has 0 aromatic heterocycles. The van der Waals surface area contributed by atoms with Crippen LogP contribution in [-0.4, -0.2) is 0 Å². The summed E-state index contributed by atoms with van der Waals surface area (Å²) in [4.78, 5) is 0. The molecular weight excluding hydrogens is 108 g/mol. The van der Waals surface area contributed by atoms with Crippen molar-refractivity contribution in [1.29, 1.82) is 0 Å². The third-order valence-electron chi connectivity index (χ3n) is 1.27. The molecule has 0 bridgehead atoms. The van der Waals surface area contributed by atoms with Crippen LogP contribution in [0.3, 0.4) is 0 Å². The van der Waals surface area contributed by atoms with Gasteiger partial charge in [-0.15, -0.1) is 0 Å². The largest absolute Gasteiger partial charge is 0.0991 e. The summed E-state index contributed by atoms with van der Waals surface area (Å²) in [6, 6.07) is 0. The smallest absolute Gasteiger partial charge is 0.0398 e. The lowest BCUT2D eigenvalue weighted by molar-refractivity contribution is 1.29. The molecule has 0 rings (SSSR count). The Labute approximate surface area is 57.6 Å². The van der Waals surface area contributed by atoms with Crippen molar-refractivity contribution in [2.45, 2.75) is 20.8 Å². The zero-order valence-corrected chi connectivity index (χ0v) is 6.44. The molecule has 0 N–H and O–H groups in total. The quantitative estimate of drug-likeness (QED) is 0.494. The minimum Gasteiger partial charge on any atom is -0.0991 e. The first-order valence-electron chi connectivity index (χ1n) is 3.11. The van der Waals surface area contributed by atoms with Crippen LogP contribution < -0.4 is 0 Å². The normalized spacial score (nSPS) is 9.67. The summed E-state index contributed by atoms with van der Waals surface area (Å²) in [5.41, 5.74) is 2.67. The summed E-state index contributed by atoms with van der Waals surface area (Å²) < 4.78 is 0. The maximum atomic E-state index is 3.58. The summed E-state index contributed by atoms with van der Waals surface area (Å²) in [6.07, 6.45) is 5.79. The van der Waals surface area contributed by atoms with Crippen LogP contribution in [-0.2, 0) is 0 Å². The zero-order valence-electron chi connectivity index (χ0n) is 6.44. The first kappa shape index (κ1) is 8.22. The van der Waals surface area contributed by atoms with E-state index in [0.717, 1.165) is 0 Å². The molecular formula is C9H14. The Kier molecular flexibility index (Phi) is 3.78. The van der Waals surface area contributed by atoms with E-state index in [2.05, 4.69) is 33.4 Å². The van der Waals surface area contributed by atoms with Gasteiger partial charge in [-0.1, -0.05) is 36.0 Å². The maximum Gasteiger partial charge on any atom is -0.0398 e. The molecule has 0 aromatic rings. The molecule has 0 radical (unpaired) electrons. The second kappa shape index (κ2) is 4.13. The number of hydrogen-bond donors (Lipinski definition) is 0. The first-order valence-corrected chi connectivity index (χ1v) is 3.11. The molecule has 0 aromatic carbocycles. The Hall–Kier alpha value is -0.780. The average Bonchev–Trinajstić information content (AvgIpc) is 1.82. The van der Waals surface area contributed by atoms with Crippen molar-refractivity contribution in [2.75, 3.05) is 0 Å². The summed E-state index contributed by atoms with van der Waals surface area (Å²) >= 11 is 0. The molecule has 0 aliphatic rings. The molecule has 0 saturated carbocycles. The maximum absolute atomic E-state index is 3.58. The molecule has 0 spiro atoms. The lowest BCUT2D eigenvalue weighted by Gasteiger charge is -1.92. The van der Waals surface area contributed by atoms with Crippen molar-refractivity contribution in [2.24, 2.45) is 0 Å². The Morgan fingerprint density at radius 3 is 2.11 bits per heavy atom. The number of allylic oxidation sites excluding steroid dienone is 5. The minimum absolute atomic E-state index is 1.31. The van der Waals surface area contributed by atoms with Gasteiger partial charge < -0.3 is 0 Å². The van der Waals surface area contributed by atoms with Crippen LogP contribution in [0.25, 0.3) is 0 Å². The van der Waals surface area contributed by atoms with Gasteiger partial charge in [-0.2, -0.15) is 0 Å². The molecule has 0 atom stereocenters. The zero-order chi connectivity index (χ0) is 7.28. The Morgan fingerprint density at radius 2 is 1.78 bits per heavy atom. The summed E-state index contributed by atoms with van der Waals surface area (Å²) in [5.74, 6) is 0. The minimum atomic E-state index is 1.31. The van der Waals surface area contributed by atoms with E-state index >= 15 is 0 Å². The first-order chi connectivity index (χ1) is 4.18. The molecule has 0 aliphatic heterocycles. The van der Waals surface area contributed by atoms with Crippen molar-refractivity contribution < 1.29 is 0 Å². The Balaban J connectivity index is 4.06. The van der Waals surface area contributed by atoms with Crippen LogP contribution in [0.2, 0.25) is 0 Å². The van der Waals surface area contributed by atoms with E-state index in [9.17, 15) is 0 Å². The number of rotatable bonds is 2. The molecule has 0 nitrogen and oxygen atoms in total. The predicted octanol–water partition coefficient (Wildman–Crippen LogP) is 3.08. The van der Waals surface area contributed by atoms with Gasteiger partial charge >= 0.3 is 0 Å². The number of hydrogen-bond acceptors (Lipinski definition) is 0. The fraction of sp³-hybridized carbons (Fsp3) is 0.333. The van der Waals surface area contributed by atoms with Crippen LogP contribution in [0, 0.1) is 0 Å². The molecule has 0 amide bonds. The van der Waals surface area contributed by atoms with Crippen molar-refractivity contribution >= 4 is 0 Å². The monoisotopic (exact) mass is 122 g/mol. The molecule has 0 aliphatic carbocycles. The summed E-state index contributed by atoms with van der Waals surface area (Å²) in [6.45, 7) is 9.88. The molecule has 0 unspecified atom stereocenters. The molecule has 0 saturated heterocycles. The van der Waals surface area contributed by atoms with Crippen molar-refractivity contribution in [1.82, 2.24) is 0 Å². The van der Waals surface area contributed by atoms with Crippen LogP contribution in [0.5, 0.6) is 0 Å². The van der Waals surface area contributed by atoms with Gasteiger partial charge in [0.15, 0.2) is 0 Å². The van der Waals surface area contributed by atoms with E-state index in [1.807, 2.05) is 6.08 Å². The van der Waals surface area contributed by atoms with Crippen molar-refractivity contribution in [3.8, 4) is 0 Å². The summed E-state index contributed by atoms with van der Waals surface area (Å²) in [7, 11) is 0. The van der Waals surface area contributed by atoms with Crippen molar-refractivity contribution in [3.63, 3.8) is 0 Å². The van der Waals surface area contributed by atoms with E-state index in [1.165, 1.54) is 11.1 Å². The highest BCUT2D eigenvalue weighted by atomic mass is 13.9. The Bertz CT molecular complexity index is 143. The Morgan fingerprint density at radius 1 is 1.22 bits per heavy atom. The topological polar surface area (TPSA) is 0 Å². The lowest BCUT2D eigenvalue weighted by Crippen LogP contribution is -1.71. The molecule has 50 valence electrons. The third-order valence-corrected chi connectivity index (χ3v) is 1.27. The second-order valence-corrected chi connectivity index (χ2v) is 2.28.